The van der Waals surface area contributed by atoms with Crippen molar-refractivity contribution in [2.75, 3.05) is 6.54 Å². The van der Waals surface area contributed by atoms with E-state index in [-0.39, 0.29) is 0 Å². The SMILES string of the molecule is C/C=C/CCNC1CCCCCC1. The molecule has 1 aliphatic carbocycles. The summed E-state index contributed by atoms with van der Waals surface area (Å²) in [5.74, 6) is 0. The van der Waals surface area contributed by atoms with Crippen LogP contribution in [0.1, 0.15) is 51.9 Å². The van der Waals surface area contributed by atoms with Gasteiger partial charge in [0, 0.05) is 6.04 Å². The van der Waals surface area contributed by atoms with Crippen molar-refractivity contribution in [2.24, 2.45) is 0 Å². The molecule has 0 aliphatic heterocycles. The van der Waals surface area contributed by atoms with Gasteiger partial charge in [-0.2, -0.15) is 0 Å². The van der Waals surface area contributed by atoms with Crippen molar-refractivity contribution in [3.63, 3.8) is 0 Å². The molecule has 1 N–H and O–H groups in total. The van der Waals surface area contributed by atoms with Crippen molar-refractivity contribution < 1.29 is 0 Å². The summed E-state index contributed by atoms with van der Waals surface area (Å²) < 4.78 is 0. The van der Waals surface area contributed by atoms with Gasteiger partial charge in [0.2, 0.25) is 0 Å². The lowest BCUT2D eigenvalue weighted by Crippen LogP contribution is -2.28. The van der Waals surface area contributed by atoms with Crippen LogP contribution >= 0.6 is 0 Å². The molecule has 0 aromatic carbocycles. The van der Waals surface area contributed by atoms with Crippen LogP contribution in [0.2, 0.25) is 0 Å². The molecule has 0 amide bonds. The lowest BCUT2D eigenvalue weighted by atomic mass is 10.1. The van der Waals surface area contributed by atoms with Crippen LogP contribution in [0.25, 0.3) is 0 Å². The number of nitrogens with one attached hydrogen (secondary N) is 1. The highest BCUT2D eigenvalue weighted by atomic mass is 14.9. The zero-order valence-corrected chi connectivity index (χ0v) is 8.89. The Morgan fingerprint density at radius 3 is 2.46 bits per heavy atom. The van der Waals surface area contributed by atoms with Crippen LogP contribution in [0.3, 0.4) is 0 Å². The minimum Gasteiger partial charge on any atom is -0.314 e. The van der Waals surface area contributed by atoms with E-state index in [1.54, 1.807) is 0 Å². The fourth-order valence-electron chi connectivity index (χ4n) is 2.02. The highest BCUT2D eigenvalue weighted by molar-refractivity contribution is 4.79. The van der Waals surface area contributed by atoms with Crippen molar-refractivity contribution >= 4 is 0 Å². The summed E-state index contributed by atoms with van der Waals surface area (Å²) in [7, 11) is 0. The number of hydrogen-bond donors (Lipinski definition) is 1. The highest BCUT2D eigenvalue weighted by Crippen LogP contribution is 2.16. The van der Waals surface area contributed by atoms with Gasteiger partial charge >= 0.3 is 0 Å². The maximum atomic E-state index is 3.65. The Morgan fingerprint density at radius 1 is 1.15 bits per heavy atom. The van der Waals surface area contributed by atoms with Gasteiger partial charge in [-0.25, -0.2) is 0 Å². The van der Waals surface area contributed by atoms with Crippen LogP contribution in [-0.2, 0) is 0 Å². The first-order valence-corrected chi connectivity index (χ1v) is 5.78. The fourth-order valence-corrected chi connectivity index (χ4v) is 2.02. The summed E-state index contributed by atoms with van der Waals surface area (Å²) in [4.78, 5) is 0. The van der Waals surface area contributed by atoms with Gasteiger partial charge in [-0.1, -0.05) is 37.8 Å². The molecule has 0 bridgehead atoms. The van der Waals surface area contributed by atoms with E-state index in [2.05, 4.69) is 24.4 Å². The molecular weight excluding hydrogens is 158 g/mol. The normalized spacial score (nSPS) is 20.7. The summed E-state index contributed by atoms with van der Waals surface area (Å²) in [6.07, 6.45) is 14.1. The van der Waals surface area contributed by atoms with E-state index in [1.807, 2.05) is 0 Å². The Balaban J connectivity index is 2.04. The molecule has 0 aromatic heterocycles. The maximum Gasteiger partial charge on any atom is 0.00671 e. The zero-order chi connectivity index (χ0) is 9.36. The van der Waals surface area contributed by atoms with E-state index in [1.165, 1.54) is 44.9 Å². The molecule has 0 saturated heterocycles. The average Bonchev–Trinajstić information content (AvgIpc) is 2.41. The van der Waals surface area contributed by atoms with Crippen LogP contribution < -0.4 is 5.32 Å². The number of rotatable bonds is 4. The Labute approximate surface area is 82.6 Å². The summed E-state index contributed by atoms with van der Waals surface area (Å²) in [5, 5.41) is 3.65. The molecule has 1 fully saturated rings. The molecular formula is C12H23N. The van der Waals surface area contributed by atoms with Crippen LogP contribution in [0.15, 0.2) is 12.2 Å². The smallest absolute Gasteiger partial charge is 0.00671 e. The molecule has 0 unspecified atom stereocenters. The Kier molecular flexibility index (Phi) is 5.92. The Bertz CT molecular complexity index is 132. The van der Waals surface area contributed by atoms with E-state index >= 15 is 0 Å². The third kappa shape index (κ3) is 5.09. The van der Waals surface area contributed by atoms with Gasteiger partial charge < -0.3 is 5.32 Å². The molecule has 1 heteroatoms. The predicted octanol–water partition coefficient (Wildman–Crippen LogP) is 3.27. The quantitative estimate of drug-likeness (QED) is 0.399. The van der Waals surface area contributed by atoms with Crippen molar-refractivity contribution in [2.45, 2.75) is 57.9 Å². The van der Waals surface area contributed by atoms with Crippen molar-refractivity contribution in [3.05, 3.63) is 12.2 Å². The number of hydrogen-bond acceptors (Lipinski definition) is 1. The highest BCUT2D eigenvalue weighted by Gasteiger charge is 2.09. The van der Waals surface area contributed by atoms with Gasteiger partial charge in [-0.15, -0.1) is 0 Å². The van der Waals surface area contributed by atoms with Gasteiger partial charge in [0.1, 0.15) is 0 Å². The summed E-state index contributed by atoms with van der Waals surface area (Å²) in [6.45, 7) is 3.25. The van der Waals surface area contributed by atoms with Crippen molar-refractivity contribution in [3.8, 4) is 0 Å². The van der Waals surface area contributed by atoms with E-state index in [4.69, 9.17) is 0 Å². The number of allylic oxidation sites excluding steroid dienone is 1. The molecule has 13 heavy (non-hydrogen) atoms. The van der Waals surface area contributed by atoms with Crippen molar-refractivity contribution in [1.82, 2.24) is 5.32 Å². The second-order valence-electron chi connectivity index (χ2n) is 4.00. The average molecular weight is 181 g/mol. The molecule has 76 valence electrons. The summed E-state index contributed by atoms with van der Waals surface area (Å²) >= 11 is 0. The van der Waals surface area contributed by atoms with Crippen molar-refractivity contribution in [1.29, 1.82) is 0 Å². The molecule has 0 radical (unpaired) electrons. The van der Waals surface area contributed by atoms with Crippen LogP contribution in [0.5, 0.6) is 0 Å². The first-order chi connectivity index (χ1) is 6.43. The Morgan fingerprint density at radius 2 is 1.85 bits per heavy atom. The second-order valence-corrected chi connectivity index (χ2v) is 4.00. The first kappa shape index (κ1) is 10.8. The van der Waals surface area contributed by atoms with Gasteiger partial charge in [0.05, 0.1) is 0 Å². The van der Waals surface area contributed by atoms with Gasteiger partial charge in [-0.3, -0.25) is 0 Å². The molecule has 0 spiro atoms. The van der Waals surface area contributed by atoms with E-state index in [0.29, 0.717) is 0 Å². The summed E-state index contributed by atoms with van der Waals surface area (Å²) in [6, 6.07) is 0.813. The van der Waals surface area contributed by atoms with Crippen LogP contribution in [0, 0.1) is 0 Å². The van der Waals surface area contributed by atoms with Crippen LogP contribution in [0.4, 0.5) is 0 Å². The fraction of sp³-hybridized carbons (Fsp3) is 0.833. The Hall–Kier alpha value is -0.300. The van der Waals surface area contributed by atoms with E-state index in [9.17, 15) is 0 Å². The molecule has 1 nitrogen and oxygen atoms in total. The van der Waals surface area contributed by atoms with E-state index in [0.717, 1.165) is 12.6 Å². The first-order valence-electron chi connectivity index (χ1n) is 5.78. The predicted molar refractivity (Wildman–Crippen MR) is 58.9 cm³/mol. The topological polar surface area (TPSA) is 12.0 Å². The third-order valence-electron chi connectivity index (χ3n) is 2.83. The zero-order valence-electron chi connectivity index (χ0n) is 8.89. The largest absolute Gasteiger partial charge is 0.314 e. The van der Waals surface area contributed by atoms with E-state index < -0.39 is 0 Å². The maximum absolute atomic E-state index is 3.65. The third-order valence-corrected chi connectivity index (χ3v) is 2.83. The molecule has 0 atom stereocenters. The monoisotopic (exact) mass is 181 g/mol. The lowest BCUT2D eigenvalue weighted by Gasteiger charge is -2.15. The van der Waals surface area contributed by atoms with Gasteiger partial charge in [0.25, 0.3) is 0 Å². The van der Waals surface area contributed by atoms with Gasteiger partial charge in [-0.05, 0) is 32.7 Å². The van der Waals surface area contributed by atoms with Gasteiger partial charge in [0.15, 0.2) is 0 Å². The minimum atomic E-state index is 0.813. The molecule has 0 aromatic rings. The lowest BCUT2D eigenvalue weighted by molar-refractivity contribution is 0.465. The molecule has 1 rings (SSSR count). The molecule has 1 saturated carbocycles. The standard InChI is InChI=1S/C12H23N/c1-2-3-8-11-13-12-9-6-4-5-7-10-12/h2-3,12-13H,4-11H2,1H3/b3-2+. The minimum absolute atomic E-state index is 0.813. The molecule has 0 heterocycles. The summed E-state index contributed by atoms with van der Waals surface area (Å²) in [5.41, 5.74) is 0. The second kappa shape index (κ2) is 7.14. The molecule has 1 aliphatic rings. The van der Waals surface area contributed by atoms with Crippen LogP contribution in [-0.4, -0.2) is 12.6 Å².